The summed E-state index contributed by atoms with van der Waals surface area (Å²) in [5.41, 5.74) is 1.86. The van der Waals surface area contributed by atoms with E-state index < -0.39 is 0 Å². The highest BCUT2D eigenvalue weighted by Crippen LogP contribution is 2.22. The normalized spacial score (nSPS) is 17.9. The maximum Gasteiger partial charge on any atom is 0.227 e. The summed E-state index contributed by atoms with van der Waals surface area (Å²) >= 11 is 0. The fraction of sp³-hybridized carbons (Fsp3) is 0.353. The molecule has 0 spiro atoms. The minimum atomic E-state index is 0.192. The topological polar surface area (TPSA) is 66.8 Å². The number of imidazole rings is 1. The lowest BCUT2D eigenvalue weighted by Crippen LogP contribution is -2.38. The molecule has 6 nitrogen and oxygen atoms in total. The second kappa shape index (κ2) is 5.87. The van der Waals surface area contributed by atoms with Gasteiger partial charge in [-0.2, -0.15) is 0 Å². The highest BCUT2D eigenvalue weighted by Gasteiger charge is 2.29. The number of carbonyl (C=O) groups is 1. The molecule has 118 valence electrons. The summed E-state index contributed by atoms with van der Waals surface area (Å²) in [6.07, 6.45) is 11.7. The van der Waals surface area contributed by atoms with Crippen LogP contribution in [0.2, 0.25) is 0 Å². The van der Waals surface area contributed by atoms with Crippen LogP contribution in [0.15, 0.2) is 43.2 Å². The summed E-state index contributed by atoms with van der Waals surface area (Å²) in [6, 6.07) is 4.18. The Balaban J connectivity index is 1.49. The Morgan fingerprint density at radius 3 is 3.22 bits per heavy atom. The summed E-state index contributed by atoms with van der Waals surface area (Å²) in [7, 11) is 0. The van der Waals surface area contributed by atoms with Gasteiger partial charge in [0.1, 0.15) is 5.65 Å². The van der Waals surface area contributed by atoms with Gasteiger partial charge in [0.25, 0.3) is 0 Å². The number of aromatic nitrogens is 4. The summed E-state index contributed by atoms with van der Waals surface area (Å²) in [4.78, 5) is 26.3. The molecule has 0 aliphatic carbocycles. The molecule has 3 aromatic heterocycles. The molecule has 4 rings (SSSR count). The molecule has 4 heterocycles. The molecule has 1 aliphatic rings. The Hall–Kier alpha value is -2.63. The third-order valence-corrected chi connectivity index (χ3v) is 4.56. The van der Waals surface area contributed by atoms with Gasteiger partial charge in [0, 0.05) is 49.3 Å². The van der Waals surface area contributed by atoms with Crippen LogP contribution in [0.1, 0.15) is 18.4 Å². The number of hydrogen-bond donors (Lipinski definition) is 1. The van der Waals surface area contributed by atoms with Crippen LogP contribution in [-0.2, 0) is 17.8 Å². The fourth-order valence-electron chi connectivity index (χ4n) is 3.42. The van der Waals surface area contributed by atoms with E-state index >= 15 is 0 Å². The van der Waals surface area contributed by atoms with Crippen molar-refractivity contribution >= 4 is 16.9 Å². The number of H-pyrrole nitrogens is 1. The van der Waals surface area contributed by atoms with E-state index in [1.807, 2.05) is 40.3 Å². The summed E-state index contributed by atoms with van der Waals surface area (Å²) < 4.78 is 2.05. The molecule has 1 unspecified atom stereocenters. The summed E-state index contributed by atoms with van der Waals surface area (Å²) in [5, 5.41) is 1.03. The number of rotatable bonds is 4. The number of likely N-dealkylation sites (tertiary alicyclic amines) is 1. The van der Waals surface area contributed by atoms with E-state index in [9.17, 15) is 4.79 Å². The van der Waals surface area contributed by atoms with E-state index in [4.69, 9.17) is 0 Å². The van der Waals surface area contributed by atoms with Gasteiger partial charge in [-0.25, -0.2) is 9.97 Å². The third kappa shape index (κ3) is 2.72. The lowest BCUT2D eigenvalue weighted by Gasteiger charge is -2.25. The molecule has 3 aromatic rings. The second-order valence-corrected chi connectivity index (χ2v) is 6.03. The third-order valence-electron chi connectivity index (χ3n) is 4.56. The molecule has 0 bridgehead atoms. The number of nitrogens with zero attached hydrogens (tertiary/aromatic N) is 4. The van der Waals surface area contributed by atoms with Crippen molar-refractivity contribution in [3.8, 4) is 0 Å². The first-order valence-electron chi connectivity index (χ1n) is 7.97. The minimum absolute atomic E-state index is 0.192. The zero-order chi connectivity index (χ0) is 15.6. The Morgan fingerprint density at radius 1 is 1.39 bits per heavy atom. The van der Waals surface area contributed by atoms with Crippen LogP contribution in [0.25, 0.3) is 11.0 Å². The fourth-order valence-corrected chi connectivity index (χ4v) is 3.42. The number of nitrogens with one attached hydrogen (secondary N) is 1. The molecule has 1 aliphatic heterocycles. The van der Waals surface area contributed by atoms with Crippen molar-refractivity contribution in [3.05, 3.63) is 48.8 Å². The molecule has 1 atom stereocenters. The average molecular weight is 309 g/mol. The maximum atomic E-state index is 12.8. The highest BCUT2D eigenvalue weighted by atomic mass is 16.2. The Kier molecular flexibility index (Phi) is 3.57. The van der Waals surface area contributed by atoms with Crippen molar-refractivity contribution in [2.75, 3.05) is 6.54 Å². The molecular weight excluding hydrogens is 290 g/mol. The lowest BCUT2D eigenvalue weighted by molar-refractivity contribution is -0.131. The summed E-state index contributed by atoms with van der Waals surface area (Å²) in [6.45, 7) is 1.67. The molecule has 1 saturated heterocycles. The number of amides is 1. The zero-order valence-corrected chi connectivity index (χ0v) is 12.9. The van der Waals surface area contributed by atoms with Gasteiger partial charge in [-0.1, -0.05) is 0 Å². The molecule has 0 aromatic carbocycles. The Labute approximate surface area is 134 Å². The van der Waals surface area contributed by atoms with Gasteiger partial charge in [0.15, 0.2) is 0 Å². The number of hydrogen-bond acceptors (Lipinski definition) is 3. The predicted octanol–water partition coefficient (Wildman–Crippen LogP) is 1.99. The van der Waals surface area contributed by atoms with Crippen molar-refractivity contribution < 1.29 is 4.79 Å². The largest absolute Gasteiger partial charge is 0.346 e. The first-order valence-corrected chi connectivity index (χ1v) is 7.97. The Bertz CT molecular complexity index is 807. The number of pyridine rings is 1. The second-order valence-electron chi connectivity index (χ2n) is 6.03. The highest BCUT2D eigenvalue weighted by molar-refractivity contribution is 5.87. The monoisotopic (exact) mass is 309 g/mol. The van der Waals surface area contributed by atoms with Gasteiger partial charge < -0.3 is 14.5 Å². The van der Waals surface area contributed by atoms with Crippen LogP contribution in [0.3, 0.4) is 0 Å². The molecule has 1 amide bonds. The smallest absolute Gasteiger partial charge is 0.227 e. The zero-order valence-electron chi connectivity index (χ0n) is 12.9. The SMILES string of the molecule is O=C(Cc1c[nH]c2ncccc12)N1CCCC1Cn1ccnc1. The van der Waals surface area contributed by atoms with E-state index in [1.54, 1.807) is 12.4 Å². The molecule has 1 fully saturated rings. The number of carbonyl (C=O) groups excluding carboxylic acids is 1. The van der Waals surface area contributed by atoms with Crippen LogP contribution in [0.4, 0.5) is 0 Å². The molecule has 0 saturated carbocycles. The van der Waals surface area contributed by atoms with Gasteiger partial charge in [-0.05, 0) is 30.5 Å². The summed E-state index contributed by atoms with van der Waals surface area (Å²) in [5.74, 6) is 0.192. The number of aromatic amines is 1. The van der Waals surface area contributed by atoms with Gasteiger partial charge in [-0.15, -0.1) is 0 Å². The number of fused-ring (bicyclic) bond motifs is 1. The average Bonchev–Trinajstić information content (AvgIpc) is 3.29. The Morgan fingerprint density at radius 2 is 2.35 bits per heavy atom. The van der Waals surface area contributed by atoms with Crippen LogP contribution >= 0.6 is 0 Å². The van der Waals surface area contributed by atoms with Crippen molar-refractivity contribution in [2.45, 2.75) is 31.8 Å². The maximum absolute atomic E-state index is 12.8. The van der Waals surface area contributed by atoms with E-state index in [0.717, 1.165) is 42.5 Å². The molecule has 0 radical (unpaired) electrons. The van der Waals surface area contributed by atoms with Crippen molar-refractivity contribution in [3.63, 3.8) is 0 Å². The van der Waals surface area contributed by atoms with Crippen LogP contribution < -0.4 is 0 Å². The van der Waals surface area contributed by atoms with Crippen molar-refractivity contribution in [2.24, 2.45) is 0 Å². The molecule has 6 heteroatoms. The van der Waals surface area contributed by atoms with E-state index in [-0.39, 0.29) is 11.9 Å². The molecule has 23 heavy (non-hydrogen) atoms. The van der Waals surface area contributed by atoms with Gasteiger partial charge in [0.05, 0.1) is 12.7 Å². The van der Waals surface area contributed by atoms with Crippen molar-refractivity contribution in [1.29, 1.82) is 0 Å². The first kappa shape index (κ1) is 14.0. The van der Waals surface area contributed by atoms with Gasteiger partial charge in [0.2, 0.25) is 5.91 Å². The van der Waals surface area contributed by atoms with Gasteiger partial charge >= 0.3 is 0 Å². The van der Waals surface area contributed by atoms with Crippen LogP contribution in [-0.4, -0.2) is 42.9 Å². The van der Waals surface area contributed by atoms with Gasteiger partial charge in [-0.3, -0.25) is 4.79 Å². The molecular formula is C17H19N5O. The van der Waals surface area contributed by atoms with E-state index in [2.05, 4.69) is 15.0 Å². The quantitative estimate of drug-likeness (QED) is 0.801. The predicted molar refractivity (Wildman–Crippen MR) is 86.8 cm³/mol. The van der Waals surface area contributed by atoms with E-state index in [0.29, 0.717) is 6.42 Å². The standard InChI is InChI=1S/C17H19N5O/c23-16(9-13-10-20-17-15(13)4-1-5-19-17)22-7-2-3-14(22)11-21-8-6-18-12-21/h1,4-6,8,10,12,14H,2-3,7,9,11H2,(H,19,20). The minimum Gasteiger partial charge on any atom is -0.346 e. The lowest BCUT2D eigenvalue weighted by atomic mass is 10.1. The molecule has 1 N–H and O–H groups in total. The first-order chi connectivity index (χ1) is 11.3. The van der Waals surface area contributed by atoms with Crippen LogP contribution in [0.5, 0.6) is 0 Å². The van der Waals surface area contributed by atoms with Crippen molar-refractivity contribution in [1.82, 2.24) is 24.4 Å². The van der Waals surface area contributed by atoms with Crippen LogP contribution in [0, 0.1) is 0 Å². The van der Waals surface area contributed by atoms with E-state index in [1.165, 1.54) is 0 Å².